The van der Waals surface area contributed by atoms with Crippen molar-refractivity contribution in [2.24, 2.45) is 0 Å². The maximum absolute atomic E-state index is 13.0. The van der Waals surface area contributed by atoms with Crippen molar-refractivity contribution < 1.29 is 41.7 Å². The SMILES string of the molecule is COC(=O)OC1=C(C)N(C)C(C)=C(OC(=O)OC(C)C)C1c1ccc(C(F)(F)F)cc1. The topological polar surface area (TPSA) is 74.3 Å². The van der Waals surface area contributed by atoms with Gasteiger partial charge in [0.2, 0.25) is 0 Å². The summed E-state index contributed by atoms with van der Waals surface area (Å²) in [5.41, 5.74) is 0.437. The molecule has 1 aliphatic rings. The Morgan fingerprint density at radius 1 is 0.968 bits per heavy atom. The van der Waals surface area contributed by atoms with Gasteiger partial charge in [0.1, 0.15) is 17.4 Å². The number of rotatable bonds is 4. The second kappa shape index (κ2) is 9.32. The third kappa shape index (κ3) is 5.50. The lowest BCUT2D eigenvalue weighted by molar-refractivity contribution is -0.137. The van der Waals surface area contributed by atoms with E-state index in [9.17, 15) is 22.8 Å². The molecule has 1 aliphatic heterocycles. The number of halogens is 3. The largest absolute Gasteiger partial charge is 0.513 e. The number of allylic oxidation sites excluding steroid dienone is 2. The number of nitrogens with zero attached hydrogens (tertiary/aromatic N) is 1. The molecule has 2 rings (SSSR count). The Labute approximate surface area is 178 Å². The van der Waals surface area contributed by atoms with Gasteiger partial charge in [-0.2, -0.15) is 13.2 Å². The molecule has 10 heteroatoms. The Hall–Kier alpha value is -3.17. The highest BCUT2D eigenvalue weighted by atomic mass is 19.4. The Morgan fingerprint density at radius 3 is 1.87 bits per heavy atom. The Morgan fingerprint density at radius 2 is 1.45 bits per heavy atom. The van der Waals surface area contributed by atoms with Crippen molar-refractivity contribution in [3.8, 4) is 0 Å². The van der Waals surface area contributed by atoms with Crippen LogP contribution in [-0.2, 0) is 25.1 Å². The van der Waals surface area contributed by atoms with Crippen molar-refractivity contribution in [1.82, 2.24) is 4.90 Å². The van der Waals surface area contributed by atoms with Gasteiger partial charge < -0.3 is 23.8 Å². The summed E-state index contributed by atoms with van der Waals surface area (Å²) in [4.78, 5) is 25.7. The minimum Gasteiger partial charge on any atom is -0.437 e. The Balaban J connectivity index is 2.59. The second-order valence-electron chi connectivity index (χ2n) is 7.09. The van der Waals surface area contributed by atoms with Gasteiger partial charge in [-0.15, -0.1) is 0 Å². The predicted molar refractivity (Wildman–Crippen MR) is 104 cm³/mol. The standard InChI is InChI=1S/C21H24F3NO6/c1-11(2)29-20(27)31-18-13(4)25(5)12(3)17(30-19(26)28-6)16(18)14-7-9-15(10-8-14)21(22,23)24/h7-11,16H,1-6H3. The van der Waals surface area contributed by atoms with Crippen LogP contribution in [0.5, 0.6) is 0 Å². The summed E-state index contributed by atoms with van der Waals surface area (Å²) in [7, 11) is 2.78. The van der Waals surface area contributed by atoms with E-state index >= 15 is 0 Å². The maximum Gasteiger partial charge on any atom is 0.513 e. The van der Waals surface area contributed by atoms with Gasteiger partial charge in [-0.3, -0.25) is 0 Å². The number of hydrogen-bond donors (Lipinski definition) is 0. The molecule has 0 N–H and O–H groups in total. The molecule has 31 heavy (non-hydrogen) atoms. The molecule has 0 amide bonds. The normalized spacial score (nSPS) is 17.1. The minimum atomic E-state index is -4.52. The van der Waals surface area contributed by atoms with Crippen molar-refractivity contribution in [2.75, 3.05) is 14.2 Å². The molecule has 0 saturated carbocycles. The van der Waals surface area contributed by atoms with Crippen molar-refractivity contribution in [3.63, 3.8) is 0 Å². The first-order valence-corrected chi connectivity index (χ1v) is 9.33. The van der Waals surface area contributed by atoms with Crippen molar-refractivity contribution in [1.29, 1.82) is 0 Å². The fourth-order valence-corrected chi connectivity index (χ4v) is 2.99. The van der Waals surface area contributed by atoms with Gasteiger partial charge in [0, 0.05) is 7.05 Å². The van der Waals surface area contributed by atoms with Gasteiger partial charge in [-0.1, -0.05) is 12.1 Å². The van der Waals surface area contributed by atoms with E-state index in [1.54, 1.807) is 39.6 Å². The summed E-state index contributed by atoms with van der Waals surface area (Å²) < 4.78 is 59.4. The number of hydrogen-bond acceptors (Lipinski definition) is 7. The summed E-state index contributed by atoms with van der Waals surface area (Å²) in [6.45, 7) is 6.59. The highest BCUT2D eigenvalue weighted by Gasteiger charge is 2.38. The molecule has 0 aromatic heterocycles. The molecular formula is C21H24F3NO6. The maximum atomic E-state index is 13.0. The molecular weight excluding hydrogens is 419 g/mol. The number of methoxy groups -OCH3 is 1. The van der Waals surface area contributed by atoms with Crippen LogP contribution in [0.25, 0.3) is 0 Å². The average molecular weight is 443 g/mol. The molecule has 7 nitrogen and oxygen atoms in total. The minimum absolute atomic E-state index is 0.0482. The lowest BCUT2D eigenvalue weighted by Crippen LogP contribution is -2.30. The van der Waals surface area contributed by atoms with Crippen LogP contribution in [0.15, 0.2) is 47.2 Å². The zero-order valence-electron chi connectivity index (χ0n) is 18.0. The number of carbonyl (C=O) groups excluding carboxylic acids is 2. The molecule has 0 saturated heterocycles. The fraction of sp³-hybridized carbons (Fsp3) is 0.429. The Kier molecular flexibility index (Phi) is 7.24. The van der Waals surface area contributed by atoms with E-state index in [2.05, 4.69) is 4.74 Å². The quantitative estimate of drug-likeness (QED) is 0.566. The van der Waals surface area contributed by atoms with Gasteiger partial charge in [-0.05, 0) is 45.4 Å². The van der Waals surface area contributed by atoms with Crippen LogP contribution in [0.2, 0.25) is 0 Å². The molecule has 170 valence electrons. The number of ether oxygens (including phenoxy) is 4. The molecule has 0 bridgehead atoms. The van der Waals surface area contributed by atoms with Crippen LogP contribution in [0, 0.1) is 0 Å². The van der Waals surface area contributed by atoms with E-state index in [4.69, 9.17) is 14.2 Å². The monoisotopic (exact) mass is 443 g/mol. The molecule has 1 heterocycles. The molecule has 1 aromatic carbocycles. The van der Waals surface area contributed by atoms with E-state index in [-0.39, 0.29) is 11.5 Å². The van der Waals surface area contributed by atoms with Gasteiger partial charge in [0.05, 0.1) is 30.2 Å². The fourth-order valence-electron chi connectivity index (χ4n) is 2.99. The predicted octanol–water partition coefficient (Wildman–Crippen LogP) is 5.54. The first kappa shape index (κ1) is 24.1. The third-order valence-corrected chi connectivity index (χ3v) is 4.70. The van der Waals surface area contributed by atoms with Crippen molar-refractivity contribution in [2.45, 2.75) is 45.9 Å². The van der Waals surface area contributed by atoms with Crippen molar-refractivity contribution >= 4 is 12.3 Å². The van der Waals surface area contributed by atoms with Crippen LogP contribution in [0.4, 0.5) is 22.8 Å². The lowest BCUT2D eigenvalue weighted by Gasteiger charge is -2.35. The van der Waals surface area contributed by atoms with Gasteiger partial charge in [-0.25, -0.2) is 9.59 Å². The molecule has 0 radical (unpaired) electrons. The summed E-state index contributed by atoms with van der Waals surface area (Å²) in [5.74, 6) is -0.887. The highest BCUT2D eigenvalue weighted by molar-refractivity contribution is 5.65. The molecule has 1 atom stereocenters. The summed E-state index contributed by atoms with van der Waals surface area (Å²) >= 11 is 0. The smallest absolute Gasteiger partial charge is 0.437 e. The molecule has 1 unspecified atom stereocenters. The van der Waals surface area contributed by atoms with Crippen LogP contribution in [-0.4, -0.2) is 37.5 Å². The van der Waals surface area contributed by atoms with Crippen LogP contribution < -0.4 is 0 Å². The van der Waals surface area contributed by atoms with Crippen molar-refractivity contribution in [3.05, 3.63) is 58.3 Å². The van der Waals surface area contributed by atoms with Gasteiger partial charge in [0.25, 0.3) is 0 Å². The summed E-state index contributed by atoms with van der Waals surface area (Å²) in [6.07, 6.45) is -6.99. The van der Waals surface area contributed by atoms with E-state index < -0.39 is 36.1 Å². The first-order chi connectivity index (χ1) is 14.4. The zero-order chi connectivity index (χ0) is 23.5. The lowest BCUT2D eigenvalue weighted by atomic mass is 9.89. The first-order valence-electron chi connectivity index (χ1n) is 9.33. The van der Waals surface area contributed by atoms with Crippen LogP contribution in [0.3, 0.4) is 0 Å². The van der Waals surface area contributed by atoms with E-state index in [0.717, 1.165) is 19.2 Å². The van der Waals surface area contributed by atoms with Gasteiger partial charge >= 0.3 is 18.5 Å². The van der Waals surface area contributed by atoms with Crippen LogP contribution >= 0.6 is 0 Å². The molecule has 0 fully saturated rings. The van der Waals surface area contributed by atoms with Gasteiger partial charge in [0.15, 0.2) is 0 Å². The second-order valence-corrected chi connectivity index (χ2v) is 7.09. The number of benzene rings is 1. The van der Waals surface area contributed by atoms with E-state index in [1.807, 2.05) is 0 Å². The molecule has 0 aliphatic carbocycles. The van der Waals surface area contributed by atoms with E-state index in [0.29, 0.717) is 17.0 Å². The molecule has 0 spiro atoms. The average Bonchev–Trinajstić information content (AvgIpc) is 2.68. The van der Waals surface area contributed by atoms with E-state index in [1.165, 1.54) is 12.1 Å². The third-order valence-electron chi connectivity index (χ3n) is 4.70. The Bertz CT molecular complexity index is 903. The molecule has 1 aromatic rings. The van der Waals surface area contributed by atoms with Crippen LogP contribution in [0.1, 0.15) is 44.7 Å². The number of carbonyl (C=O) groups is 2. The zero-order valence-corrected chi connectivity index (χ0v) is 18.0. The number of alkyl halides is 3. The summed E-state index contributed by atoms with van der Waals surface area (Å²) in [6, 6.07) is 4.27. The summed E-state index contributed by atoms with van der Waals surface area (Å²) in [5, 5.41) is 0. The highest BCUT2D eigenvalue weighted by Crippen LogP contribution is 2.43.